The third-order valence-corrected chi connectivity index (χ3v) is 6.63. The van der Waals surface area contributed by atoms with E-state index in [1.54, 1.807) is 0 Å². The Kier molecular flexibility index (Phi) is 6.87. The van der Waals surface area contributed by atoms with Crippen molar-refractivity contribution >= 4 is 26.0 Å². The molecule has 5 nitrogen and oxygen atoms in total. The fraction of sp³-hybridized carbons (Fsp3) is 0.368. The highest BCUT2D eigenvalue weighted by Gasteiger charge is 2.35. The van der Waals surface area contributed by atoms with Crippen LogP contribution in [0.2, 0.25) is 0 Å². The first-order chi connectivity index (χ1) is 13.6. The maximum absolute atomic E-state index is 12.7. The number of rotatable bonds is 6. The van der Waals surface area contributed by atoms with Gasteiger partial charge in [-0.15, -0.1) is 13.2 Å². The number of piperidine rings is 1. The predicted octanol–water partition coefficient (Wildman–Crippen LogP) is 4.29. The van der Waals surface area contributed by atoms with Crippen LogP contribution in [-0.4, -0.2) is 38.8 Å². The molecule has 1 N–H and O–H groups in total. The SMILES string of the molecule is O=S(=O)(NC1CCN(Cc2ccccc2)CC1)c1ccc(Br)cc1OC(F)(F)F. The van der Waals surface area contributed by atoms with Crippen LogP contribution < -0.4 is 9.46 Å². The van der Waals surface area contributed by atoms with E-state index < -0.39 is 27.0 Å². The van der Waals surface area contributed by atoms with Crippen molar-refractivity contribution in [1.82, 2.24) is 9.62 Å². The number of ether oxygens (including phenoxy) is 1. The minimum Gasteiger partial charge on any atom is -0.404 e. The summed E-state index contributed by atoms with van der Waals surface area (Å²) in [6.07, 6.45) is -3.86. The van der Waals surface area contributed by atoms with Crippen molar-refractivity contribution in [2.75, 3.05) is 13.1 Å². The van der Waals surface area contributed by atoms with Gasteiger partial charge in [-0.05, 0) is 36.6 Å². The molecule has 2 aromatic carbocycles. The molecule has 1 aliphatic heterocycles. The van der Waals surface area contributed by atoms with Gasteiger partial charge >= 0.3 is 6.36 Å². The van der Waals surface area contributed by atoms with E-state index in [-0.39, 0.29) is 10.5 Å². The van der Waals surface area contributed by atoms with Gasteiger partial charge in [-0.25, -0.2) is 13.1 Å². The second-order valence-corrected chi connectivity index (χ2v) is 9.39. The topological polar surface area (TPSA) is 58.6 Å². The quantitative estimate of drug-likeness (QED) is 0.653. The molecular formula is C19H20BrF3N2O3S. The lowest BCUT2D eigenvalue weighted by molar-refractivity contribution is -0.275. The van der Waals surface area contributed by atoms with Gasteiger partial charge < -0.3 is 4.74 Å². The van der Waals surface area contributed by atoms with Crippen LogP contribution in [0, 0.1) is 0 Å². The zero-order valence-corrected chi connectivity index (χ0v) is 17.7. The molecule has 3 rings (SSSR count). The molecule has 29 heavy (non-hydrogen) atoms. The zero-order valence-electron chi connectivity index (χ0n) is 15.3. The molecule has 10 heteroatoms. The molecule has 0 spiro atoms. The Hall–Kier alpha value is -1.62. The second-order valence-electron chi connectivity index (χ2n) is 6.80. The van der Waals surface area contributed by atoms with Crippen LogP contribution in [0.3, 0.4) is 0 Å². The second kappa shape index (κ2) is 9.03. The molecule has 1 saturated heterocycles. The molecule has 0 amide bonds. The molecule has 1 heterocycles. The van der Waals surface area contributed by atoms with Gasteiger partial charge in [0.15, 0.2) is 5.75 Å². The Labute approximate surface area is 176 Å². The third-order valence-electron chi connectivity index (χ3n) is 4.58. The minimum atomic E-state index is -4.99. The van der Waals surface area contributed by atoms with Crippen molar-refractivity contribution in [3.05, 3.63) is 58.6 Å². The van der Waals surface area contributed by atoms with E-state index in [1.165, 1.54) is 11.6 Å². The Morgan fingerprint density at radius 3 is 2.38 bits per heavy atom. The fourth-order valence-corrected chi connectivity index (χ4v) is 5.00. The van der Waals surface area contributed by atoms with Crippen molar-refractivity contribution in [2.24, 2.45) is 0 Å². The average Bonchev–Trinajstić information content (AvgIpc) is 2.62. The molecule has 0 unspecified atom stereocenters. The average molecular weight is 493 g/mol. The van der Waals surface area contributed by atoms with Crippen molar-refractivity contribution in [3.8, 4) is 5.75 Å². The zero-order chi connectivity index (χ0) is 21.1. The van der Waals surface area contributed by atoms with Gasteiger partial charge in [0.1, 0.15) is 4.90 Å². The van der Waals surface area contributed by atoms with Crippen LogP contribution in [0.25, 0.3) is 0 Å². The number of alkyl halides is 3. The largest absolute Gasteiger partial charge is 0.573 e. The molecule has 0 saturated carbocycles. The number of nitrogens with one attached hydrogen (secondary N) is 1. The number of likely N-dealkylation sites (tertiary alicyclic amines) is 1. The van der Waals surface area contributed by atoms with Crippen LogP contribution >= 0.6 is 15.9 Å². The summed E-state index contributed by atoms with van der Waals surface area (Å²) in [7, 11) is -4.17. The van der Waals surface area contributed by atoms with Crippen molar-refractivity contribution in [1.29, 1.82) is 0 Å². The van der Waals surface area contributed by atoms with Crippen molar-refractivity contribution in [2.45, 2.75) is 36.7 Å². The van der Waals surface area contributed by atoms with E-state index >= 15 is 0 Å². The molecule has 0 atom stereocenters. The summed E-state index contributed by atoms with van der Waals surface area (Å²) in [5.74, 6) is -0.763. The summed E-state index contributed by atoms with van der Waals surface area (Å²) in [5.41, 5.74) is 1.18. The minimum absolute atomic E-state index is 0.282. The van der Waals surface area contributed by atoms with Gasteiger partial charge in [0.25, 0.3) is 0 Å². The highest BCUT2D eigenvalue weighted by molar-refractivity contribution is 9.10. The van der Waals surface area contributed by atoms with Gasteiger partial charge in [-0.1, -0.05) is 46.3 Å². The summed E-state index contributed by atoms with van der Waals surface area (Å²) in [6.45, 7) is 2.15. The van der Waals surface area contributed by atoms with Crippen LogP contribution in [0.5, 0.6) is 5.75 Å². The molecule has 1 aliphatic rings. The fourth-order valence-electron chi connectivity index (χ4n) is 3.24. The van der Waals surface area contributed by atoms with Crippen LogP contribution in [-0.2, 0) is 16.6 Å². The van der Waals surface area contributed by atoms with E-state index in [0.29, 0.717) is 25.9 Å². The van der Waals surface area contributed by atoms with Crippen LogP contribution in [0.1, 0.15) is 18.4 Å². The Morgan fingerprint density at radius 2 is 1.76 bits per heavy atom. The van der Waals surface area contributed by atoms with E-state index in [0.717, 1.165) is 18.7 Å². The summed E-state index contributed by atoms with van der Waals surface area (Å²) in [5, 5.41) is 0. The number of sulfonamides is 1. The maximum Gasteiger partial charge on any atom is 0.573 e. The molecule has 158 valence electrons. The lowest BCUT2D eigenvalue weighted by atomic mass is 10.1. The van der Waals surface area contributed by atoms with Crippen LogP contribution in [0.15, 0.2) is 57.9 Å². The van der Waals surface area contributed by atoms with Gasteiger partial charge in [0.05, 0.1) is 0 Å². The smallest absolute Gasteiger partial charge is 0.404 e. The molecule has 0 bridgehead atoms. The van der Waals surface area contributed by atoms with Gasteiger partial charge in [0, 0.05) is 30.1 Å². The van der Waals surface area contributed by atoms with E-state index in [1.807, 2.05) is 30.3 Å². The van der Waals surface area contributed by atoms with E-state index in [9.17, 15) is 21.6 Å². The molecule has 1 fully saturated rings. The monoisotopic (exact) mass is 492 g/mol. The summed E-state index contributed by atoms with van der Waals surface area (Å²) in [6, 6.07) is 13.0. The normalized spacial score (nSPS) is 16.7. The first-order valence-corrected chi connectivity index (χ1v) is 11.2. The highest BCUT2D eigenvalue weighted by Crippen LogP contribution is 2.32. The number of benzene rings is 2. The summed E-state index contributed by atoms with van der Waals surface area (Å²) >= 11 is 3.03. The lowest BCUT2D eigenvalue weighted by Gasteiger charge is -2.32. The number of nitrogens with zero attached hydrogens (tertiary/aromatic N) is 1. The standard InChI is InChI=1S/C19H20BrF3N2O3S/c20-15-6-7-18(17(12-15)28-19(21,22)23)29(26,27)24-16-8-10-25(11-9-16)13-14-4-2-1-3-5-14/h1-7,12,16,24H,8-11,13H2. The third kappa shape index (κ3) is 6.43. The lowest BCUT2D eigenvalue weighted by Crippen LogP contribution is -2.44. The molecular weight excluding hydrogens is 473 g/mol. The Bertz CT molecular complexity index is 931. The van der Waals surface area contributed by atoms with E-state index in [4.69, 9.17) is 0 Å². The van der Waals surface area contributed by atoms with Crippen molar-refractivity contribution < 1.29 is 26.3 Å². The molecule has 0 aliphatic carbocycles. The summed E-state index contributed by atoms with van der Waals surface area (Å²) < 4.78 is 70.1. The van der Waals surface area contributed by atoms with Crippen LogP contribution in [0.4, 0.5) is 13.2 Å². The first kappa shape index (κ1) is 22.1. The van der Waals surface area contributed by atoms with Gasteiger partial charge in [0.2, 0.25) is 10.0 Å². The predicted molar refractivity (Wildman–Crippen MR) is 106 cm³/mol. The first-order valence-electron chi connectivity index (χ1n) is 8.96. The Morgan fingerprint density at radius 1 is 1.10 bits per heavy atom. The number of hydrogen-bond acceptors (Lipinski definition) is 4. The summed E-state index contributed by atoms with van der Waals surface area (Å²) in [4.78, 5) is 1.68. The van der Waals surface area contributed by atoms with Gasteiger partial charge in [-0.3, -0.25) is 4.90 Å². The molecule has 0 radical (unpaired) electrons. The number of halogens is 4. The Balaban J connectivity index is 1.65. The molecule has 0 aromatic heterocycles. The maximum atomic E-state index is 12.7. The highest BCUT2D eigenvalue weighted by atomic mass is 79.9. The number of hydrogen-bond donors (Lipinski definition) is 1. The van der Waals surface area contributed by atoms with Crippen molar-refractivity contribution in [3.63, 3.8) is 0 Å². The van der Waals surface area contributed by atoms with Gasteiger partial charge in [-0.2, -0.15) is 0 Å². The molecule has 2 aromatic rings. The van der Waals surface area contributed by atoms with E-state index in [2.05, 4.69) is 30.3 Å².